The third kappa shape index (κ3) is 4.39. The number of ketones is 1. The fourth-order valence-corrected chi connectivity index (χ4v) is 4.93. The summed E-state index contributed by atoms with van der Waals surface area (Å²) in [6.45, 7) is 1.69. The van der Waals surface area contributed by atoms with E-state index in [4.69, 9.17) is 4.74 Å². The molecule has 0 aromatic heterocycles. The molecule has 1 atom stereocenters. The van der Waals surface area contributed by atoms with Crippen molar-refractivity contribution in [3.63, 3.8) is 0 Å². The third-order valence-electron chi connectivity index (χ3n) is 4.69. The lowest BCUT2D eigenvalue weighted by atomic mass is 10.1. The van der Waals surface area contributed by atoms with Gasteiger partial charge in [0.05, 0.1) is 11.5 Å². The summed E-state index contributed by atoms with van der Waals surface area (Å²) in [6, 6.07) is 6.66. The van der Waals surface area contributed by atoms with E-state index in [0.29, 0.717) is 24.2 Å². The van der Waals surface area contributed by atoms with Crippen LogP contribution < -0.4 is 4.74 Å². The van der Waals surface area contributed by atoms with Crippen molar-refractivity contribution in [3.05, 3.63) is 29.8 Å². The molecule has 0 N–H and O–H groups in total. The van der Waals surface area contributed by atoms with Crippen LogP contribution in [-0.2, 0) is 14.6 Å². The number of hydrogen-bond acceptors (Lipinski definition) is 5. The number of Topliss-reactive ketones (excluding diaryl/α,β-unsaturated/α-hetero) is 1. The van der Waals surface area contributed by atoms with Gasteiger partial charge in [0.25, 0.3) is 5.91 Å². The average molecular weight is 365 g/mol. The van der Waals surface area contributed by atoms with Gasteiger partial charge in [-0.1, -0.05) is 6.92 Å². The fraction of sp³-hybridized carbons (Fsp3) is 0.556. The zero-order chi connectivity index (χ0) is 18.0. The highest BCUT2D eigenvalue weighted by molar-refractivity contribution is 7.91. The maximum atomic E-state index is 12.6. The summed E-state index contributed by atoms with van der Waals surface area (Å²) in [7, 11) is -3.03. The monoisotopic (exact) mass is 365 g/mol. The van der Waals surface area contributed by atoms with Crippen molar-refractivity contribution >= 4 is 21.5 Å². The highest BCUT2D eigenvalue weighted by Crippen LogP contribution is 2.32. The second-order valence-corrected chi connectivity index (χ2v) is 8.91. The Hall–Kier alpha value is -1.89. The lowest BCUT2D eigenvalue weighted by Gasteiger charge is -2.28. The van der Waals surface area contributed by atoms with Crippen LogP contribution in [0.5, 0.6) is 5.75 Å². The first-order valence-corrected chi connectivity index (χ1v) is 10.5. The van der Waals surface area contributed by atoms with E-state index in [1.165, 1.54) is 0 Å². The number of benzene rings is 1. The Balaban J connectivity index is 1.60. The molecule has 25 heavy (non-hydrogen) atoms. The zero-order valence-electron chi connectivity index (χ0n) is 14.3. The van der Waals surface area contributed by atoms with E-state index >= 15 is 0 Å². The van der Waals surface area contributed by atoms with Crippen LogP contribution in [0.3, 0.4) is 0 Å². The Kier molecular flexibility index (Phi) is 5.13. The smallest absolute Gasteiger partial charge is 0.261 e. The van der Waals surface area contributed by atoms with Crippen molar-refractivity contribution < 1.29 is 22.7 Å². The predicted octanol–water partition coefficient (Wildman–Crippen LogP) is 1.84. The molecule has 7 heteroatoms. The van der Waals surface area contributed by atoms with Crippen LogP contribution in [-0.4, -0.2) is 55.2 Å². The van der Waals surface area contributed by atoms with Gasteiger partial charge in [-0.15, -0.1) is 0 Å². The largest absolute Gasteiger partial charge is 0.484 e. The first-order chi connectivity index (χ1) is 11.9. The van der Waals surface area contributed by atoms with Crippen LogP contribution in [0.4, 0.5) is 0 Å². The number of hydrogen-bond donors (Lipinski definition) is 0. The SMILES string of the molecule is CCC(=O)c1ccc(OCC(=O)N(C2CC2)[C@H]2CCS(=O)(=O)C2)cc1. The van der Waals surface area contributed by atoms with Gasteiger partial charge in [0, 0.05) is 24.1 Å². The number of amides is 1. The number of ether oxygens (including phenoxy) is 1. The van der Waals surface area contributed by atoms with Crippen molar-refractivity contribution in [1.82, 2.24) is 4.90 Å². The Morgan fingerprint density at radius 3 is 2.32 bits per heavy atom. The Labute approximate surface area is 148 Å². The van der Waals surface area contributed by atoms with Crippen LogP contribution in [0, 0.1) is 0 Å². The molecule has 1 saturated carbocycles. The Morgan fingerprint density at radius 1 is 1.12 bits per heavy atom. The van der Waals surface area contributed by atoms with E-state index in [0.717, 1.165) is 12.8 Å². The maximum Gasteiger partial charge on any atom is 0.261 e. The normalized spacial score (nSPS) is 21.7. The molecule has 136 valence electrons. The second-order valence-electron chi connectivity index (χ2n) is 6.68. The molecule has 1 aromatic carbocycles. The van der Waals surface area contributed by atoms with E-state index in [1.54, 1.807) is 36.1 Å². The molecule has 1 aliphatic carbocycles. The molecular formula is C18H23NO5S. The third-order valence-corrected chi connectivity index (χ3v) is 6.44. The minimum absolute atomic E-state index is 0.0586. The molecule has 1 heterocycles. The number of carbonyl (C=O) groups is 2. The summed E-state index contributed by atoms with van der Waals surface area (Å²) in [5.74, 6) is 0.629. The van der Waals surface area contributed by atoms with E-state index in [-0.39, 0.29) is 41.9 Å². The lowest BCUT2D eigenvalue weighted by molar-refractivity contribution is -0.135. The maximum absolute atomic E-state index is 12.6. The van der Waals surface area contributed by atoms with Crippen molar-refractivity contribution in [2.75, 3.05) is 18.1 Å². The van der Waals surface area contributed by atoms with Gasteiger partial charge in [-0.05, 0) is 43.5 Å². The summed E-state index contributed by atoms with van der Waals surface area (Å²) in [6.07, 6.45) is 2.81. The first-order valence-electron chi connectivity index (χ1n) is 8.67. The zero-order valence-corrected chi connectivity index (χ0v) is 15.1. The van der Waals surface area contributed by atoms with Crippen molar-refractivity contribution in [3.8, 4) is 5.75 Å². The molecule has 2 fully saturated rings. The van der Waals surface area contributed by atoms with Crippen LogP contribution in [0.25, 0.3) is 0 Å². The van der Waals surface area contributed by atoms with Crippen LogP contribution >= 0.6 is 0 Å². The van der Waals surface area contributed by atoms with E-state index < -0.39 is 9.84 Å². The minimum atomic E-state index is -3.03. The van der Waals surface area contributed by atoms with E-state index in [1.807, 2.05) is 0 Å². The van der Waals surface area contributed by atoms with Crippen molar-refractivity contribution in [1.29, 1.82) is 0 Å². The summed E-state index contributed by atoms with van der Waals surface area (Å²) in [4.78, 5) is 25.9. The quantitative estimate of drug-likeness (QED) is 0.689. The summed E-state index contributed by atoms with van der Waals surface area (Å²) < 4.78 is 29.0. The molecule has 6 nitrogen and oxygen atoms in total. The van der Waals surface area contributed by atoms with Gasteiger partial charge in [0.1, 0.15) is 5.75 Å². The molecule has 0 bridgehead atoms. The lowest BCUT2D eigenvalue weighted by Crippen LogP contribution is -2.45. The predicted molar refractivity (Wildman–Crippen MR) is 93.5 cm³/mol. The standard InChI is InChI=1S/C18H23NO5S/c1-2-17(20)13-3-7-16(8-4-13)24-11-18(21)19(14-5-6-14)15-9-10-25(22,23)12-15/h3-4,7-8,14-15H,2,5-6,9-12H2,1H3/t15-/m0/s1. The summed E-state index contributed by atoms with van der Waals surface area (Å²) in [5.41, 5.74) is 0.622. The van der Waals surface area contributed by atoms with Crippen molar-refractivity contribution in [2.24, 2.45) is 0 Å². The molecule has 1 aromatic rings. The van der Waals surface area contributed by atoms with Gasteiger partial charge in [0.15, 0.2) is 22.2 Å². The molecule has 0 radical (unpaired) electrons. The van der Waals surface area contributed by atoms with Crippen molar-refractivity contribution in [2.45, 2.75) is 44.7 Å². The van der Waals surface area contributed by atoms with E-state index in [2.05, 4.69) is 0 Å². The van der Waals surface area contributed by atoms with Crippen LogP contribution in [0.2, 0.25) is 0 Å². The van der Waals surface area contributed by atoms with Gasteiger partial charge in [-0.2, -0.15) is 0 Å². The Morgan fingerprint density at radius 2 is 1.80 bits per heavy atom. The van der Waals surface area contributed by atoms with Gasteiger partial charge >= 0.3 is 0 Å². The molecule has 2 aliphatic rings. The van der Waals surface area contributed by atoms with Gasteiger partial charge in [-0.3, -0.25) is 9.59 Å². The number of rotatable bonds is 7. The number of nitrogens with zero attached hydrogens (tertiary/aromatic N) is 1. The summed E-state index contributed by atoms with van der Waals surface area (Å²) in [5, 5.41) is 0. The molecule has 0 spiro atoms. The summed E-state index contributed by atoms with van der Waals surface area (Å²) >= 11 is 0. The Bertz CT molecular complexity index is 752. The molecular weight excluding hydrogens is 342 g/mol. The van der Waals surface area contributed by atoms with Gasteiger partial charge < -0.3 is 9.64 Å². The number of sulfone groups is 1. The number of carbonyl (C=O) groups excluding carboxylic acids is 2. The molecule has 1 aliphatic heterocycles. The molecule has 3 rings (SSSR count). The fourth-order valence-electron chi connectivity index (χ4n) is 3.21. The topological polar surface area (TPSA) is 80.8 Å². The minimum Gasteiger partial charge on any atom is -0.484 e. The van der Waals surface area contributed by atoms with Crippen LogP contribution in [0.1, 0.15) is 43.0 Å². The second kappa shape index (κ2) is 7.15. The highest BCUT2D eigenvalue weighted by Gasteiger charge is 2.42. The van der Waals surface area contributed by atoms with Gasteiger partial charge in [-0.25, -0.2) is 8.42 Å². The van der Waals surface area contributed by atoms with E-state index in [9.17, 15) is 18.0 Å². The highest BCUT2D eigenvalue weighted by atomic mass is 32.2. The molecule has 1 amide bonds. The van der Waals surface area contributed by atoms with Crippen LogP contribution in [0.15, 0.2) is 24.3 Å². The van der Waals surface area contributed by atoms with Gasteiger partial charge in [0.2, 0.25) is 0 Å². The average Bonchev–Trinajstić information content (AvgIpc) is 3.36. The molecule has 0 unspecified atom stereocenters. The molecule has 1 saturated heterocycles. The first kappa shape index (κ1) is 17.9.